The fourth-order valence-corrected chi connectivity index (χ4v) is 3.56. The Morgan fingerprint density at radius 1 is 0.963 bits per heavy atom. The number of benzene rings is 2. The molecule has 3 aromatic rings. The topological polar surface area (TPSA) is 53.9 Å². The van der Waals surface area contributed by atoms with Crippen LogP contribution in [0.4, 0.5) is 17.5 Å². The molecule has 27 heavy (non-hydrogen) atoms. The number of para-hydroxylation sites is 1. The SMILES string of the molecule is CC(C)(C)c1ccccc1Nc1nncc(N2CCc3ccccc3C2)n1. The average Bonchev–Trinajstić information content (AvgIpc) is 2.67. The van der Waals surface area contributed by atoms with Gasteiger partial charge in [-0.15, -0.1) is 5.10 Å². The number of hydrogen-bond donors (Lipinski definition) is 1. The molecular weight excluding hydrogens is 334 g/mol. The van der Waals surface area contributed by atoms with Crippen molar-refractivity contribution in [1.29, 1.82) is 0 Å². The monoisotopic (exact) mass is 359 g/mol. The number of hydrogen-bond acceptors (Lipinski definition) is 5. The van der Waals surface area contributed by atoms with Crippen LogP contribution in [0.1, 0.15) is 37.5 Å². The van der Waals surface area contributed by atoms with Crippen molar-refractivity contribution in [3.63, 3.8) is 0 Å². The maximum atomic E-state index is 4.73. The Hall–Kier alpha value is -2.95. The molecule has 0 saturated carbocycles. The van der Waals surface area contributed by atoms with Crippen LogP contribution in [0.2, 0.25) is 0 Å². The molecule has 0 bridgehead atoms. The first-order valence-corrected chi connectivity index (χ1v) is 9.39. The molecule has 5 heteroatoms. The van der Waals surface area contributed by atoms with Crippen molar-refractivity contribution in [2.75, 3.05) is 16.8 Å². The standard InChI is InChI=1S/C22H25N5/c1-22(2,3)18-10-6-7-11-19(18)24-21-25-20(14-23-26-21)27-13-12-16-8-4-5-9-17(16)15-27/h4-11,14H,12-13,15H2,1-3H3,(H,24,25,26). The molecule has 2 heterocycles. The summed E-state index contributed by atoms with van der Waals surface area (Å²) in [6.45, 7) is 8.40. The maximum Gasteiger partial charge on any atom is 0.249 e. The van der Waals surface area contributed by atoms with E-state index in [9.17, 15) is 0 Å². The lowest BCUT2D eigenvalue weighted by molar-refractivity contribution is 0.592. The van der Waals surface area contributed by atoms with Gasteiger partial charge in [-0.1, -0.05) is 63.2 Å². The lowest BCUT2D eigenvalue weighted by Gasteiger charge is -2.29. The van der Waals surface area contributed by atoms with Crippen molar-refractivity contribution in [3.05, 3.63) is 71.4 Å². The first kappa shape index (κ1) is 17.5. The second kappa shape index (κ2) is 6.99. The van der Waals surface area contributed by atoms with Crippen LogP contribution in [0, 0.1) is 0 Å². The summed E-state index contributed by atoms with van der Waals surface area (Å²) in [7, 11) is 0. The van der Waals surface area contributed by atoms with Crippen molar-refractivity contribution < 1.29 is 0 Å². The van der Waals surface area contributed by atoms with Gasteiger partial charge in [-0.2, -0.15) is 10.1 Å². The number of fused-ring (bicyclic) bond motifs is 1. The third kappa shape index (κ3) is 3.77. The Morgan fingerprint density at radius 3 is 2.52 bits per heavy atom. The number of aromatic nitrogens is 3. The predicted octanol–water partition coefficient (Wildman–Crippen LogP) is 4.48. The Balaban J connectivity index is 1.58. The van der Waals surface area contributed by atoms with Crippen LogP contribution >= 0.6 is 0 Å². The fraction of sp³-hybridized carbons (Fsp3) is 0.318. The third-order valence-electron chi connectivity index (χ3n) is 4.98. The highest BCUT2D eigenvalue weighted by Gasteiger charge is 2.20. The summed E-state index contributed by atoms with van der Waals surface area (Å²) in [6.07, 6.45) is 2.77. The van der Waals surface area contributed by atoms with E-state index < -0.39 is 0 Å². The molecule has 4 rings (SSSR count). The van der Waals surface area contributed by atoms with Gasteiger partial charge in [0.1, 0.15) is 0 Å². The van der Waals surface area contributed by atoms with Crippen molar-refractivity contribution in [1.82, 2.24) is 15.2 Å². The quantitative estimate of drug-likeness (QED) is 0.747. The maximum absolute atomic E-state index is 4.73. The lowest BCUT2D eigenvalue weighted by atomic mass is 9.86. The van der Waals surface area contributed by atoms with E-state index in [4.69, 9.17) is 4.98 Å². The highest BCUT2D eigenvalue weighted by molar-refractivity contribution is 5.61. The van der Waals surface area contributed by atoms with E-state index in [0.717, 1.165) is 31.0 Å². The van der Waals surface area contributed by atoms with E-state index in [0.29, 0.717) is 5.95 Å². The van der Waals surface area contributed by atoms with Crippen molar-refractivity contribution in [2.45, 2.75) is 39.2 Å². The van der Waals surface area contributed by atoms with E-state index in [1.165, 1.54) is 16.7 Å². The van der Waals surface area contributed by atoms with Crippen LogP contribution in [0.5, 0.6) is 0 Å². The molecule has 0 spiro atoms. The van der Waals surface area contributed by atoms with Gasteiger partial charge in [0.2, 0.25) is 5.95 Å². The van der Waals surface area contributed by atoms with E-state index in [1.807, 2.05) is 6.07 Å². The van der Waals surface area contributed by atoms with E-state index >= 15 is 0 Å². The van der Waals surface area contributed by atoms with Crippen molar-refractivity contribution in [2.24, 2.45) is 0 Å². The molecule has 0 saturated heterocycles. The molecule has 5 nitrogen and oxygen atoms in total. The van der Waals surface area contributed by atoms with E-state index in [1.54, 1.807) is 6.20 Å². The van der Waals surface area contributed by atoms with Crippen LogP contribution in [-0.2, 0) is 18.4 Å². The zero-order valence-corrected chi connectivity index (χ0v) is 16.1. The van der Waals surface area contributed by atoms with E-state index in [2.05, 4.69) is 83.6 Å². The van der Waals surface area contributed by atoms with Gasteiger partial charge in [0.15, 0.2) is 5.82 Å². The lowest BCUT2D eigenvalue weighted by Crippen LogP contribution is -2.31. The van der Waals surface area contributed by atoms with Gasteiger partial charge in [0, 0.05) is 18.8 Å². The molecule has 1 aromatic heterocycles. The first-order chi connectivity index (χ1) is 13.0. The Labute approximate surface area is 160 Å². The van der Waals surface area contributed by atoms with Gasteiger partial charge in [-0.3, -0.25) is 0 Å². The summed E-state index contributed by atoms with van der Waals surface area (Å²) >= 11 is 0. The van der Waals surface area contributed by atoms with Gasteiger partial charge < -0.3 is 10.2 Å². The minimum absolute atomic E-state index is 0.0329. The minimum Gasteiger partial charge on any atom is -0.350 e. The number of nitrogens with one attached hydrogen (secondary N) is 1. The molecule has 0 unspecified atom stereocenters. The second-order valence-electron chi connectivity index (χ2n) is 8.00. The first-order valence-electron chi connectivity index (χ1n) is 9.39. The molecule has 0 amide bonds. The van der Waals surface area contributed by atoms with Crippen molar-refractivity contribution >= 4 is 17.5 Å². The fourth-order valence-electron chi connectivity index (χ4n) is 3.56. The second-order valence-corrected chi connectivity index (χ2v) is 8.00. The van der Waals surface area contributed by atoms with Crippen LogP contribution in [0.3, 0.4) is 0 Å². The Morgan fingerprint density at radius 2 is 1.70 bits per heavy atom. The largest absolute Gasteiger partial charge is 0.350 e. The zero-order chi connectivity index (χ0) is 18.9. The normalized spacial score (nSPS) is 14.0. The molecule has 1 aliphatic heterocycles. The number of nitrogens with zero attached hydrogens (tertiary/aromatic N) is 4. The van der Waals surface area contributed by atoms with E-state index in [-0.39, 0.29) is 5.41 Å². The summed E-state index contributed by atoms with van der Waals surface area (Å²) < 4.78 is 0. The predicted molar refractivity (Wildman–Crippen MR) is 109 cm³/mol. The third-order valence-corrected chi connectivity index (χ3v) is 4.98. The Bertz CT molecular complexity index is 945. The summed E-state index contributed by atoms with van der Waals surface area (Å²) in [4.78, 5) is 6.99. The minimum atomic E-state index is 0.0329. The highest BCUT2D eigenvalue weighted by atomic mass is 15.3. The van der Waals surface area contributed by atoms with Gasteiger partial charge in [0.05, 0.1) is 6.20 Å². The zero-order valence-electron chi connectivity index (χ0n) is 16.1. The molecule has 0 atom stereocenters. The van der Waals surface area contributed by atoms with Crippen molar-refractivity contribution in [3.8, 4) is 0 Å². The molecule has 0 radical (unpaired) electrons. The summed E-state index contributed by atoms with van der Waals surface area (Å²) in [5, 5.41) is 11.8. The van der Waals surface area contributed by atoms with Gasteiger partial charge in [-0.25, -0.2) is 0 Å². The summed E-state index contributed by atoms with van der Waals surface area (Å²) in [5.41, 5.74) is 5.06. The van der Waals surface area contributed by atoms with Crippen LogP contribution < -0.4 is 10.2 Å². The molecule has 138 valence electrons. The molecular formula is C22H25N5. The van der Waals surface area contributed by atoms with Gasteiger partial charge in [-0.05, 0) is 34.6 Å². The summed E-state index contributed by atoms with van der Waals surface area (Å²) in [6, 6.07) is 16.9. The highest BCUT2D eigenvalue weighted by Crippen LogP contribution is 2.31. The Kier molecular flexibility index (Phi) is 4.52. The van der Waals surface area contributed by atoms with Crippen LogP contribution in [-0.4, -0.2) is 21.7 Å². The van der Waals surface area contributed by atoms with Gasteiger partial charge >= 0.3 is 0 Å². The van der Waals surface area contributed by atoms with Crippen LogP contribution in [0.15, 0.2) is 54.7 Å². The summed E-state index contributed by atoms with van der Waals surface area (Å²) in [5.74, 6) is 1.39. The number of anilines is 3. The smallest absolute Gasteiger partial charge is 0.249 e. The average molecular weight is 359 g/mol. The number of rotatable bonds is 3. The molecule has 1 aliphatic rings. The molecule has 0 aliphatic carbocycles. The molecule has 2 aromatic carbocycles. The van der Waals surface area contributed by atoms with Gasteiger partial charge in [0.25, 0.3) is 0 Å². The molecule has 1 N–H and O–H groups in total. The molecule has 0 fully saturated rings. The van der Waals surface area contributed by atoms with Crippen LogP contribution in [0.25, 0.3) is 0 Å².